The first-order chi connectivity index (χ1) is 8.74. The van der Waals surface area contributed by atoms with Gasteiger partial charge in [0.2, 0.25) is 0 Å². The Morgan fingerprint density at radius 1 is 1.00 bits per heavy atom. The van der Waals surface area contributed by atoms with Gasteiger partial charge in [0, 0.05) is 13.2 Å². The average molecular weight is 262 g/mol. The molecule has 0 amide bonds. The highest BCUT2D eigenvalue weighted by molar-refractivity contribution is 4.88. The van der Waals surface area contributed by atoms with Crippen molar-refractivity contribution in [3.05, 3.63) is 0 Å². The highest BCUT2D eigenvalue weighted by Crippen LogP contribution is 2.25. The first-order valence-electron chi connectivity index (χ1n) is 6.92. The summed E-state index contributed by atoms with van der Waals surface area (Å²) in [5, 5.41) is 19.0. The minimum Gasteiger partial charge on any atom is -0.394 e. The molecule has 0 aromatic heterocycles. The van der Waals surface area contributed by atoms with E-state index in [2.05, 4.69) is 13.8 Å². The molecule has 18 heavy (non-hydrogen) atoms. The molecular weight excluding hydrogens is 236 g/mol. The maximum Gasteiger partial charge on any atom is 0.184 e. The number of aliphatic hydroxyl groups is 2. The van der Waals surface area contributed by atoms with Gasteiger partial charge in [-0.2, -0.15) is 0 Å². The van der Waals surface area contributed by atoms with E-state index in [1.54, 1.807) is 0 Å². The molecule has 0 saturated carbocycles. The van der Waals surface area contributed by atoms with Crippen molar-refractivity contribution in [2.75, 3.05) is 19.8 Å². The molecule has 0 unspecified atom stereocenters. The topological polar surface area (TPSA) is 68.2 Å². The largest absolute Gasteiger partial charge is 0.394 e. The summed E-state index contributed by atoms with van der Waals surface area (Å²) in [6.45, 7) is 5.18. The van der Waals surface area contributed by atoms with Gasteiger partial charge in [-0.3, -0.25) is 0 Å². The number of rotatable bonds is 9. The summed E-state index contributed by atoms with van der Waals surface area (Å²) < 4.78 is 16.6. The van der Waals surface area contributed by atoms with E-state index in [0.717, 1.165) is 25.7 Å². The number of aliphatic hydroxyl groups excluding tert-OH is 2. The Hall–Kier alpha value is -0.200. The lowest BCUT2D eigenvalue weighted by Gasteiger charge is -2.22. The molecular formula is C13H26O5. The van der Waals surface area contributed by atoms with Crippen molar-refractivity contribution in [2.45, 2.75) is 64.1 Å². The average Bonchev–Trinajstić information content (AvgIpc) is 2.67. The SMILES string of the molecule is CCCCO[C@@H]1[C@H](OCCCC)[C@@H](O)O[C@H]1CO. The van der Waals surface area contributed by atoms with Crippen molar-refractivity contribution >= 4 is 0 Å². The zero-order chi connectivity index (χ0) is 13.4. The van der Waals surface area contributed by atoms with Crippen LogP contribution >= 0.6 is 0 Å². The van der Waals surface area contributed by atoms with Crippen molar-refractivity contribution in [1.29, 1.82) is 0 Å². The monoisotopic (exact) mass is 262 g/mol. The van der Waals surface area contributed by atoms with E-state index in [1.807, 2.05) is 0 Å². The van der Waals surface area contributed by atoms with E-state index in [-0.39, 0.29) is 12.7 Å². The van der Waals surface area contributed by atoms with E-state index in [9.17, 15) is 10.2 Å². The third-order valence-electron chi connectivity index (χ3n) is 3.08. The number of unbranched alkanes of at least 4 members (excludes halogenated alkanes) is 2. The Kier molecular flexibility index (Phi) is 7.77. The molecule has 2 N–H and O–H groups in total. The summed E-state index contributed by atoms with van der Waals surface area (Å²) in [5.74, 6) is 0. The normalized spacial score (nSPS) is 32.0. The van der Waals surface area contributed by atoms with Gasteiger partial charge >= 0.3 is 0 Å². The van der Waals surface area contributed by atoms with E-state index in [1.165, 1.54) is 0 Å². The van der Waals surface area contributed by atoms with E-state index in [4.69, 9.17) is 14.2 Å². The molecule has 0 bridgehead atoms. The molecule has 0 aliphatic carbocycles. The van der Waals surface area contributed by atoms with Gasteiger partial charge in [-0.15, -0.1) is 0 Å². The number of hydrogen-bond donors (Lipinski definition) is 2. The van der Waals surface area contributed by atoms with Gasteiger partial charge < -0.3 is 24.4 Å². The highest BCUT2D eigenvalue weighted by Gasteiger charge is 2.45. The van der Waals surface area contributed by atoms with Crippen LogP contribution in [0.3, 0.4) is 0 Å². The number of ether oxygens (including phenoxy) is 3. The van der Waals surface area contributed by atoms with Gasteiger partial charge in [0.05, 0.1) is 6.61 Å². The molecule has 4 atom stereocenters. The maximum absolute atomic E-state index is 9.78. The van der Waals surface area contributed by atoms with Gasteiger partial charge in [0.25, 0.3) is 0 Å². The van der Waals surface area contributed by atoms with E-state index >= 15 is 0 Å². The van der Waals surface area contributed by atoms with Gasteiger partial charge in [0.15, 0.2) is 6.29 Å². The predicted octanol–water partition coefficient (Wildman–Crippen LogP) is 1.07. The van der Waals surface area contributed by atoms with Crippen LogP contribution in [0.2, 0.25) is 0 Å². The molecule has 5 heteroatoms. The molecule has 1 aliphatic rings. The van der Waals surface area contributed by atoms with Crippen LogP contribution in [0.15, 0.2) is 0 Å². The first-order valence-corrected chi connectivity index (χ1v) is 6.92. The van der Waals surface area contributed by atoms with E-state index in [0.29, 0.717) is 13.2 Å². The Labute approximate surface area is 109 Å². The van der Waals surface area contributed by atoms with Crippen LogP contribution in [0, 0.1) is 0 Å². The van der Waals surface area contributed by atoms with Crippen molar-refractivity contribution in [2.24, 2.45) is 0 Å². The van der Waals surface area contributed by atoms with Crippen LogP contribution in [0.1, 0.15) is 39.5 Å². The van der Waals surface area contributed by atoms with Crippen molar-refractivity contribution < 1.29 is 24.4 Å². The molecule has 1 aliphatic heterocycles. The van der Waals surface area contributed by atoms with Crippen molar-refractivity contribution in [3.8, 4) is 0 Å². The van der Waals surface area contributed by atoms with Crippen LogP contribution in [0.4, 0.5) is 0 Å². The van der Waals surface area contributed by atoms with Crippen molar-refractivity contribution in [1.82, 2.24) is 0 Å². The molecule has 1 heterocycles. The lowest BCUT2D eigenvalue weighted by molar-refractivity contribution is -0.148. The Bertz CT molecular complexity index is 212. The summed E-state index contributed by atoms with van der Waals surface area (Å²) in [6.07, 6.45) is 1.59. The summed E-state index contributed by atoms with van der Waals surface area (Å²) in [5.41, 5.74) is 0. The molecule has 0 radical (unpaired) electrons. The lowest BCUT2D eigenvalue weighted by Crippen LogP contribution is -2.39. The lowest BCUT2D eigenvalue weighted by atomic mass is 10.1. The predicted molar refractivity (Wildman–Crippen MR) is 67.3 cm³/mol. The molecule has 1 saturated heterocycles. The molecule has 0 aromatic rings. The Balaban J connectivity index is 2.47. The van der Waals surface area contributed by atoms with Crippen LogP contribution < -0.4 is 0 Å². The molecule has 0 aromatic carbocycles. The van der Waals surface area contributed by atoms with Crippen LogP contribution in [0.5, 0.6) is 0 Å². The van der Waals surface area contributed by atoms with E-state index < -0.39 is 18.5 Å². The fourth-order valence-corrected chi connectivity index (χ4v) is 1.96. The third-order valence-corrected chi connectivity index (χ3v) is 3.08. The summed E-state index contributed by atoms with van der Waals surface area (Å²) in [4.78, 5) is 0. The zero-order valence-corrected chi connectivity index (χ0v) is 11.4. The second kappa shape index (κ2) is 8.82. The second-order valence-electron chi connectivity index (χ2n) is 4.63. The summed E-state index contributed by atoms with van der Waals surface area (Å²) in [7, 11) is 0. The zero-order valence-electron chi connectivity index (χ0n) is 11.4. The highest BCUT2D eigenvalue weighted by atomic mass is 16.7. The van der Waals surface area contributed by atoms with Crippen LogP contribution in [-0.2, 0) is 14.2 Å². The van der Waals surface area contributed by atoms with Crippen LogP contribution in [0.25, 0.3) is 0 Å². The van der Waals surface area contributed by atoms with Crippen LogP contribution in [-0.4, -0.2) is 54.6 Å². The maximum atomic E-state index is 9.78. The molecule has 1 rings (SSSR count). The van der Waals surface area contributed by atoms with Gasteiger partial charge in [-0.25, -0.2) is 0 Å². The van der Waals surface area contributed by atoms with Gasteiger partial charge in [0.1, 0.15) is 18.3 Å². The Morgan fingerprint density at radius 3 is 2.06 bits per heavy atom. The quantitative estimate of drug-likeness (QED) is 0.608. The molecule has 5 nitrogen and oxygen atoms in total. The fraction of sp³-hybridized carbons (Fsp3) is 1.00. The molecule has 1 fully saturated rings. The smallest absolute Gasteiger partial charge is 0.184 e. The third kappa shape index (κ3) is 4.48. The fourth-order valence-electron chi connectivity index (χ4n) is 1.96. The first kappa shape index (κ1) is 15.9. The minimum absolute atomic E-state index is 0.165. The Morgan fingerprint density at radius 2 is 1.56 bits per heavy atom. The van der Waals surface area contributed by atoms with Gasteiger partial charge in [-0.05, 0) is 12.8 Å². The summed E-state index contributed by atoms with van der Waals surface area (Å²) in [6, 6.07) is 0. The second-order valence-corrected chi connectivity index (χ2v) is 4.63. The standard InChI is InChI=1S/C13H26O5/c1-3-5-7-16-11-10(9-14)18-13(15)12(11)17-8-6-4-2/h10-15H,3-9H2,1-2H3/t10-,11-,12-,13-/m0/s1. The molecule has 0 spiro atoms. The summed E-state index contributed by atoms with van der Waals surface area (Å²) >= 11 is 0. The molecule has 108 valence electrons. The van der Waals surface area contributed by atoms with Gasteiger partial charge in [-0.1, -0.05) is 26.7 Å². The minimum atomic E-state index is -1.01. The number of hydrogen-bond acceptors (Lipinski definition) is 5. The van der Waals surface area contributed by atoms with Crippen molar-refractivity contribution in [3.63, 3.8) is 0 Å².